The highest BCUT2D eigenvalue weighted by Gasteiger charge is 2.35. The summed E-state index contributed by atoms with van der Waals surface area (Å²) in [4.78, 5) is 29.5. The Morgan fingerprint density at radius 3 is 2.05 bits per heavy atom. The van der Waals surface area contributed by atoms with Gasteiger partial charge in [0.15, 0.2) is 0 Å². The highest BCUT2D eigenvalue weighted by Crippen LogP contribution is 2.23. The van der Waals surface area contributed by atoms with Gasteiger partial charge in [-0.3, -0.25) is 9.59 Å². The number of para-hydroxylation sites is 1. The maximum atomic E-state index is 14.2. The molecular weight excluding hydrogens is 543 g/mol. The molecule has 1 aliphatic carbocycles. The van der Waals surface area contributed by atoms with E-state index < -0.39 is 34.5 Å². The number of nitrogens with one attached hydrogen (secondary N) is 1. The minimum Gasteiger partial charge on any atom is -0.352 e. The van der Waals surface area contributed by atoms with Crippen LogP contribution < -0.4 is 9.62 Å². The molecule has 41 heavy (non-hydrogen) atoms. The number of nitrogens with zero attached hydrogens (tertiary/aromatic N) is 3. The Morgan fingerprint density at radius 1 is 0.878 bits per heavy atom. The normalized spacial score (nSPS) is 14.5. The van der Waals surface area contributed by atoms with Crippen molar-refractivity contribution in [1.29, 1.82) is 0 Å². The molecule has 0 aliphatic heterocycles. The number of amides is 2. The predicted octanol–water partition coefficient (Wildman–Crippen LogP) is 4.14. The molecule has 1 aliphatic rings. The predicted molar refractivity (Wildman–Crippen MR) is 158 cm³/mol. The minimum atomic E-state index is -4.05. The molecular formula is C31H37FN4O4S. The zero-order chi connectivity index (χ0) is 29.4. The summed E-state index contributed by atoms with van der Waals surface area (Å²) < 4.78 is 42.6. The van der Waals surface area contributed by atoms with Gasteiger partial charge >= 0.3 is 10.2 Å². The average molecular weight is 581 g/mol. The van der Waals surface area contributed by atoms with Crippen molar-refractivity contribution < 1.29 is 22.4 Å². The van der Waals surface area contributed by atoms with Gasteiger partial charge in [0.2, 0.25) is 11.8 Å². The third kappa shape index (κ3) is 7.92. The van der Waals surface area contributed by atoms with E-state index in [2.05, 4.69) is 5.32 Å². The van der Waals surface area contributed by atoms with E-state index in [1.54, 1.807) is 42.5 Å². The Labute approximate surface area is 241 Å². The molecule has 1 N–H and O–H groups in total. The summed E-state index contributed by atoms with van der Waals surface area (Å²) in [6.07, 6.45) is 4.04. The van der Waals surface area contributed by atoms with Crippen molar-refractivity contribution in [2.45, 2.75) is 50.7 Å². The minimum absolute atomic E-state index is 0.000653. The van der Waals surface area contributed by atoms with Gasteiger partial charge in [-0.05, 0) is 48.2 Å². The maximum absolute atomic E-state index is 14.2. The van der Waals surface area contributed by atoms with E-state index in [1.807, 2.05) is 30.3 Å². The maximum Gasteiger partial charge on any atom is 0.304 e. The largest absolute Gasteiger partial charge is 0.352 e. The second-order valence-electron chi connectivity index (χ2n) is 10.5. The van der Waals surface area contributed by atoms with Gasteiger partial charge in [0.1, 0.15) is 18.4 Å². The van der Waals surface area contributed by atoms with Crippen LogP contribution in [0.5, 0.6) is 0 Å². The van der Waals surface area contributed by atoms with E-state index >= 15 is 0 Å². The second kappa shape index (κ2) is 13.7. The molecule has 3 aromatic rings. The number of halogens is 1. The lowest BCUT2D eigenvalue weighted by Gasteiger charge is -2.35. The smallest absolute Gasteiger partial charge is 0.304 e. The summed E-state index contributed by atoms with van der Waals surface area (Å²) in [5.74, 6) is -1.26. The fourth-order valence-corrected chi connectivity index (χ4v) is 6.08. The van der Waals surface area contributed by atoms with Crippen LogP contribution in [0.25, 0.3) is 0 Å². The van der Waals surface area contributed by atoms with Gasteiger partial charge in [-0.15, -0.1) is 0 Å². The number of hydrogen-bond donors (Lipinski definition) is 1. The number of benzene rings is 3. The molecule has 218 valence electrons. The first kappa shape index (κ1) is 30.2. The summed E-state index contributed by atoms with van der Waals surface area (Å²) in [6, 6.07) is 22.6. The second-order valence-corrected chi connectivity index (χ2v) is 12.5. The van der Waals surface area contributed by atoms with Crippen LogP contribution in [0.1, 0.15) is 36.8 Å². The molecule has 1 fully saturated rings. The summed E-state index contributed by atoms with van der Waals surface area (Å²) in [5, 5.41) is 3.13. The van der Waals surface area contributed by atoms with Crippen LogP contribution in [0.3, 0.4) is 0 Å². The third-order valence-corrected chi connectivity index (χ3v) is 9.12. The van der Waals surface area contributed by atoms with Crippen molar-refractivity contribution in [2.24, 2.45) is 0 Å². The van der Waals surface area contributed by atoms with Crippen molar-refractivity contribution in [1.82, 2.24) is 14.5 Å². The third-order valence-electron chi connectivity index (χ3n) is 7.30. The molecule has 0 aromatic heterocycles. The monoisotopic (exact) mass is 580 g/mol. The zero-order valence-electron chi connectivity index (χ0n) is 23.4. The van der Waals surface area contributed by atoms with Crippen molar-refractivity contribution in [2.75, 3.05) is 24.9 Å². The van der Waals surface area contributed by atoms with Crippen molar-refractivity contribution in [3.05, 3.63) is 102 Å². The highest BCUT2D eigenvalue weighted by atomic mass is 32.2. The van der Waals surface area contributed by atoms with Crippen molar-refractivity contribution in [3.8, 4) is 0 Å². The van der Waals surface area contributed by atoms with Gasteiger partial charge in [0.05, 0.1) is 5.69 Å². The van der Waals surface area contributed by atoms with E-state index in [0.29, 0.717) is 11.3 Å². The van der Waals surface area contributed by atoms with Crippen LogP contribution in [0, 0.1) is 5.82 Å². The molecule has 0 radical (unpaired) electrons. The fourth-order valence-electron chi connectivity index (χ4n) is 5.02. The first-order valence-corrected chi connectivity index (χ1v) is 15.2. The van der Waals surface area contributed by atoms with Gasteiger partial charge in [-0.1, -0.05) is 73.5 Å². The molecule has 2 amide bonds. The summed E-state index contributed by atoms with van der Waals surface area (Å²) in [6.45, 7) is -0.521. The Balaban J connectivity index is 1.73. The van der Waals surface area contributed by atoms with Crippen LogP contribution >= 0.6 is 0 Å². The molecule has 0 spiro atoms. The fraction of sp³-hybridized carbons (Fsp3) is 0.355. The number of carbonyl (C=O) groups is 2. The summed E-state index contributed by atoms with van der Waals surface area (Å²) in [7, 11) is -1.25. The van der Waals surface area contributed by atoms with Crippen LogP contribution in [0.2, 0.25) is 0 Å². The standard InChI is InChI=1S/C31H37FN4O4S/c1-34(2)41(39,40)36(28-15-7-4-8-16-28)23-30(37)35(22-25-17-19-26(32)20-18-25)29(21-24-11-5-3-6-12-24)31(38)33-27-13-9-10-14-27/h3-8,11-12,15-20,27,29H,9-10,13-14,21-23H2,1-2H3,(H,33,38). The Kier molecular flexibility index (Phi) is 10.1. The van der Waals surface area contributed by atoms with E-state index in [1.165, 1.54) is 31.1 Å². The van der Waals surface area contributed by atoms with Gasteiger partial charge in [-0.25, -0.2) is 8.70 Å². The lowest BCUT2D eigenvalue weighted by Crippen LogP contribution is -2.55. The molecule has 8 nitrogen and oxygen atoms in total. The number of rotatable bonds is 12. The van der Waals surface area contributed by atoms with Crippen LogP contribution in [0.4, 0.5) is 10.1 Å². The molecule has 1 saturated carbocycles. The SMILES string of the molecule is CN(C)S(=O)(=O)N(CC(=O)N(Cc1ccc(F)cc1)C(Cc1ccccc1)C(=O)NC1CCCC1)c1ccccc1. The van der Waals surface area contributed by atoms with Crippen LogP contribution in [0.15, 0.2) is 84.9 Å². The van der Waals surface area contributed by atoms with E-state index in [4.69, 9.17) is 0 Å². The van der Waals surface area contributed by atoms with Crippen molar-refractivity contribution in [3.63, 3.8) is 0 Å². The summed E-state index contributed by atoms with van der Waals surface area (Å²) >= 11 is 0. The quantitative estimate of drug-likeness (QED) is 0.349. The van der Waals surface area contributed by atoms with Crippen LogP contribution in [-0.4, -0.2) is 62.2 Å². The molecule has 10 heteroatoms. The van der Waals surface area contributed by atoms with Crippen molar-refractivity contribution >= 4 is 27.7 Å². The zero-order valence-corrected chi connectivity index (χ0v) is 24.3. The number of carbonyl (C=O) groups excluding carboxylic acids is 2. The molecule has 0 saturated heterocycles. The Bertz CT molecular complexity index is 1400. The van der Waals surface area contributed by atoms with Gasteiger partial charge in [0.25, 0.3) is 0 Å². The van der Waals surface area contributed by atoms with Gasteiger partial charge in [0, 0.05) is 33.1 Å². The molecule has 3 aromatic carbocycles. The van der Waals surface area contributed by atoms with E-state index in [9.17, 15) is 22.4 Å². The van der Waals surface area contributed by atoms with Crippen LogP contribution in [-0.2, 0) is 32.8 Å². The first-order valence-electron chi connectivity index (χ1n) is 13.8. The Morgan fingerprint density at radius 2 is 1.46 bits per heavy atom. The van der Waals surface area contributed by atoms with Gasteiger partial charge in [-0.2, -0.15) is 12.7 Å². The lowest BCUT2D eigenvalue weighted by atomic mass is 10.0. The van der Waals surface area contributed by atoms with E-state index in [0.717, 1.165) is 39.9 Å². The van der Waals surface area contributed by atoms with E-state index in [-0.39, 0.29) is 24.9 Å². The highest BCUT2D eigenvalue weighted by molar-refractivity contribution is 7.90. The molecule has 1 unspecified atom stereocenters. The first-order chi connectivity index (χ1) is 19.6. The average Bonchev–Trinajstić information content (AvgIpc) is 3.48. The number of hydrogen-bond acceptors (Lipinski definition) is 4. The summed E-state index contributed by atoms with van der Waals surface area (Å²) in [5.41, 5.74) is 1.80. The number of anilines is 1. The van der Waals surface area contributed by atoms with Gasteiger partial charge < -0.3 is 10.2 Å². The lowest BCUT2D eigenvalue weighted by molar-refractivity contribution is -0.140. The Hall–Kier alpha value is -3.76. The molecule has 1 atom stereocenters. The molecule has 0 bridgehead atoms. The topological polar surface area (TPSA) is 90.0 Å². The molecule has 4 rings (SSSR count). The molecule has 0 heterocycles.